The van der Waals surface area contributed by atoms with E-state index in [4.69, 9.17) is 0 Å². The molecule has 0 aromatic heterocycles. The molecule has 0 N–H and O–H groups in total. The normalized spacial score (nSPS) is 15.6. The van der Waals surface area contributed by atoms with Crippen molar-refractivity contribution >= 4 is 0 Å². The molecule has 0 atom stereocenters. The molecule has 0 aliphatic heterocycles. The summed E-state index contributed by atoms with van der Waals surface area (Å²) in [5, 5.41) is 0. The van der Waals surface area contributed by atoms with Crippen LogP contribution in [0.5, 0.6) is 0 Å². The molecule has 0 bridgehead atoms. The van der Waals surface area contributed by atoms with Gasteiger partial charge < -0.3 is 4.90 Å². The average molecular weight is 163 g/mol. The Morgan fingerprint density at radius 2 is 2.33 bits per heavy atom. The Bertz CT molecular complexity index is 246. The SMILES string of the molecule is C=C(C1=C(C)C=CC1)N(C)CC. The molecule has 66 valence electrons. The zero-order valence-corrected chi connectivity index (χ0v) is 8.22. The van der Waals surface area contributed by atoms with E-state index in [9.17, 15) is 0 Å². The maximum absolute atomic E-state index is 4.09. The Morgan fingerprint density at radius 1 is 1.67 bits per heavy atom. The molecule has 0 amide bonds. The molecule has 1 heteroatoms. The Hall–Kier alpha value is -0.980. The van der Waals surface area contributed by atoms with Gasteiger partial charge >= 0.3 is 0 Å². The first-order chi connectivity index (χ1) is 5.66. The van der Waals surface area contributed by atoms with Crippen LogP contribution in [0.1, 0.15) is 20.3 Å². The van der Waals surface area contributed by atoms with Gasteiger partial charge in [-0.1, -0.05) is 18.7 Å². The molecule has 1 aliphatic rings. The van der Waals surface area contributed by atoms with Crippen LogP contribution in [-0.2, 0) is 0 Å². The van der Waals surface area contributed by atoms with Crippen LogP contribution in [0.25, 0.3) is 0 Å². The monoisotopic (exact) mass is 163 g/mol. The van der Waals surface area contributed by atoms with E-state index in [1.54, 1.807) is 0 Å². The zero-order valence-electron chi connectivity index (χ0n) is 8.22. The van der Waals surface area contributed by atoms with Crippen molar-refractivity contribution in [3.05, 3.63) is 35.6 Å². The second-order valence-electron chi connectivity index (χ2n) is 3.23. The second kappa shape index (κ2) is 3.61. The molecule has 0 saturated heterocycles. The summed E-state index contributed by atoms with van der Waals surface area (Å²) in [5.41, 5.74) is 3.92. The Labute approximate surface area is 75.1 Å². The first kappa shape index (κ1) is 9.11. The lowest BCUT2D eigenvalue weighted by Gasteiger charge is -2.21. The molecule has 0 aromatic rings. The fourth-order valence-corrected chi connectivity index (χ4v) is 1.38. The second-order valence-corrected chi connectivity index (χ2v) is 3.23. The van der Waals surface area contributed by atoms with E-state index in [1.807, 2.05) is 0 Å². The highest BCUT2D eigenvalue weighted by Crippen LogP contribution is 2.25. The van der Waals surface area contributed by atoms with E-state index in [2.05, 4.69) is 44.5 Å². The lowest BCUT2D eigenvalue weighted by Crippen LogP contribution is -2.17. The average Bonchev–Trinajstić information content (AvgIpc) is 2.48. The minimum Gasteiger partial charge on any atom is -0.375 e. The van der Waals surface area contributed by atoms with Crippen molar-refractivity contribution in [1.29, 1.82) is 0 Å². The predicted molar refractivity (Wildman–Crippen MR) is 53.9 cm³/mol. The molecule has 0 radical (unpaired) electrons. The first-order valence-corrected chi connectivity index (χ1v) is 4.43. The fraction of sp³-hybridized carbons (Fsp3) is 0.455. The van der Waals surface area contributed by atoms with Crippen LogP contribution in [0.4, 0.5) is 0 Å². The Balaban J connectivity index is 2.72. The van der Waals surface area contributed by atoms with E-state index < -0.39 is 0 Å². The topological polar surface area (TPSA) is 3.24 Å². The van der Waals surface area contributed by atoms with Gasteiger partial charge in [-0.2, -0.15) is 0 Å². The largest absolute Gasteiger partial charge is 0.375 e. The van der Waals surface area contributed by atoms with Crippen LogP contribution in [-0.4, -0.2) is 18.5 Å². The van der Waals surface area contributed by atoms with Crippen molar-refractivity contribution < 1.29 is 0 Å². The van der Waals surface area contributed by atoms with Crippen molar-refractivity contribution in [2.45, 2.75) is 20.3 Å². The van der Waals surface area contributed by atoms with E-state index in [1.165, 1.54) is 16.8 Å². The van der Waals surface area contributed by atoms with Crippen LogP contribution in [0, 0.1) is 0 Å². The molecule has 0 aromatic carbocycles. The number of nitrogens with zero attached hydrogens (tertiary/aromatic N) is 1. The van der Waals surface area contributed by atoms with Gasteiger partial charge in [0.05, 0.1) is 0 Å². The summed E-state index contributed by atoms with van der Waals surface area (Å²) in [5.74, 6) is 0. The first-order valence-electron chi connectivity index (χ1n) is 4.43. The minimum absolute atomic E-state index is 1.02. The molecule has 0 saturated carbocycles. The zero-order chi connectivity index (χ0) is 9.14. The maximum atomic E-state index is 4.09. The third-order valence-electron chi connectivity index (χ3n) is 2.45. The number of hydrogen-bond donors (Lipinski definition) is 0. The lowest BCUT2D eigenvalue weighted by atomic mass is 10.1. The summed E-state index contributed by atoms with van der Waals surface area (Å²) < 4.78 is 0. The predicted octanol–water partition coefficient (Wildman–Crippen LogP) is 2.73. The molecular weight excluding hydrogens is 146 g/mol. The molecule has 0 heterocycles. The quantitative estimate of drug-likeness (QED) is 0.618. The van der Waals surface area contributed by atoms with Crippen molar-refractivity contribution in [3.63, 3.8) is 0 Å². The molecular formula is C11H17N. The standard InChI is InChI=1S/C11H17N/c1-5-12(4)10(3)11-8-6-7-9(11)2/h6-7H,3,5,8H2,1-2,4H3. The van der Waals surface area contributed by atoms with Crippen molar-refractivity contribution in [2.75, 3.05) is 13.6 Å². The fourth-order valence-electron chi connectivity index (χ4n) is 1.38. The van der Waals surface area contributed by atoms with Crippen LogP contribution in [0.2, 0.25) is 0 Å². The highest BCUT2D eigenvalue weighted by Gasteiger charge is 2.10. The summed E-state index contributed by atoms with van der Waals surface area (Å²) in [7, 11) is 2.08. The van der Waals surface area contributed by atoms with Gasteiger partial charge in [-0.25, -0.2) is 0 Å². The van der Waals surface area contributed by atoms with Gasteiger partial charge in [0, 0.05) is 19.3 Å². The molecule has 0 unspecified atom stereocenters. The van der Waals surface area contributed by atoms with E-state index >= 15 is 0 Å². The molecule has 1 nitrogen and oxygen atoms in total. The van der Waals surface area contributed by atoms with Crippen molar-refractivity contribution in [2.24, 2.45) is 0 Å². The van der Waals surface area contributed by atoms with Gasteiger partial charge in [0.15, 0.2) is 0 Å². The molecule has 1 rings (SSSR count). The highest BCUT2D eigenvalue weighted by atomic mass is 15.1. The van der Waals surface area contributed by atoms with Crippen molar-refractivity contribution in [1.82, 2.24) is 4.90 Å². The van der Waals surface area contributed by atoms with Gasteiger partial charge in [0.25, 0.3) is 0 Å². The summed E-state index contributed by atoms with van der Waals surface area (Å²) in [6.45, 7) is 9.40. The summed E-state index contributed by atoms with van der Waals surface area (Å²) in [4.78, 5) is 2.19. The number of rotatable bonds is 3. The highest BCUT2D eigenvalue weighted by molar-refractivity contribution is 5.42. The third-order valence-corrected chi connectivity index (χ3v) is 2.45. The molecule has 0 fully saturated rings. The van der Waals surface area contributed by atoms with Crippen LogP contribution in [0.3, 0.4) is 0 Å². The van der Waals surface area contributed by atoms with Crippen LogP contribution >= 0.6 is 0 Å². The lowest BCUT2D eigenvalue weighted by molar-refractivity contribution is 0.450. The van der Waals surface area contributed by atoms with Crippen LogP contribution < -0.4 is 0 Å². The van der Waals surface area contributed by atoms with Gasteiger partial charge in [0.1, 0.15) is 0 Å². The maximum Gasteiger partial charge on any atom is 0.0328 e. The summed E-state index contributed by atoms with van der Waals surface area (Å²) in [6, 6.07) is 0. The van der Waals surface area contributed by atoms with Gasteiger partial charge in [-0.15, -0.1) is 0 Å². The number of likely N-dealkylation sites (N-methyl/N-ethyl adjacent to an activating group) is 1. The smallest absolute Gasteiger partial charge is 0.0328 e. The van der Waals surface area contributed by atoms with E-state index in [0.717, 1.165) is 13.0 Å². The summed E-state index contributed by atoms with van der Waals surface area (Å²) in [6.07, 6.45) is 5.42. The number of allylic oxidation sites excluding steroid dienone is 4. The number of hydrogen-bond acceptors (Lipinski definition) is 1. The Morgan fingerprint density at radius 3 is 2.75 bits per heavy atom. The van der Waals surface area contributed by atoms with Gasteiger partial charge in [-0.05, 0) is 31.4 Å². The van der Waals surface area contributed by atoms with Gasteiger partial charge in [0.2, 0.25) is 0 Å². The summed E-state index contributed by atoms with van der Waals surface area (Å²) >= 11 is 0. The molecule has 1 aliphatic carbocycles. The van der Waals surface area contributed by atoms with E-state index in [-0.39, 0.29) is 0 Å². The third kappa shape index (κ3) is 1.60. The molecule has 12 heavy (non-hydrogen) atoms. The minimum atomic E-state index is 1.02. The van der Waals surface area contributed by atoms with Crippen LogP contribution in [0.15, 0.2) is 35.6 Å². The van der Waals surface area contributed by atoms with Crippen molar-refractivity contribution in [3.8, 4) is 0 Å². The van der Waals surface area contributed by atoms with E-state index in [0.29, 0.717) is 0 Å². The Kier molecular flexibility index (Phi) is 2.74. The molecule has 0 spiro atoms. The van der Waals surface area contributed by atoms with Gasteiger partial charge in [-0.3, -0.25) is 0 Å².